The summed E-state index contributed by atoms with van der Waals surface area (Å²) in [5.41, 5.74) is 0. The molecule has 92 valence electrons. The summed E-state index contributed by atoms with van der Waals surface area (Å²) in [6.07, 6.45) is -0.542. The molecule has 7 heteroatoms. The Balaban J connectivity index is 2.36. The van der Waals surface area contributed by atoms with Crippen molar-refractivity contribution in [3.05, 3.63) is 23.7 Å². The molecule has 0 amide bonds. The molecule has 0 aliphatic rings. The maximum Gasteiger partial charge on any atom is 0.371 e. The molecule has 7 nitrogen and oxygen atoms in total. The van der Waals surface area contributed by atoms with E-state index in [0.717, 1.165) is 0 Å². The van der Waals surface area contributed by atoms with Crippen LogP contribution in [0.4, 0.5) is 0 Å². The third kappa shape index (κ3) is 4.37. The molecule has 0 aromatic carbocycles. The van der Waals surface area contributed by atoms with E-state index in [1.54, 1.807) is 0 Å². The fourth-order valence-corrected chi connectivity index (χ4v) is 1.00. The van der Waals surface area contributed by atoms with Crippen LogP contribution in [-0.4, -0.2) is 28.1 Å². The lowest BCUT2D eigenvalue weighted by molar-refractivity contribution is -0.149. The summed E-state index contributed by atoms with van der Waals surface area (Å²) in [6, 6.07) is 2.61. The van der Waals surface area contributed by atoms with Crippen molar-refractivity contribution in [3.63, 3.8) is 0 Å². The summed E-state index contributed by atoms with van der Waals surface area (Å²) in [5.74, 6) is -3.05. The summed E-state index contributed by atoms with van der Waals surface area (Å²) in [5, 5.41) is 16.9. The molecule has 0 radical (unpaired) electrons. The van der Waals surface area contributed by atoms with Gasteiger partial charge in [-0.1, -0.05) is 0 Å². The molecule has 0 saturated heterocycles. The molecule has 0 aliphatic carbocycles. The van der Waals surface area contributed by atoms with Gasteiger partial charge in [-0.05, 0) is 12.1 Å². The van der Waals surface area contributed by atoms with Gasteiger partial charge >= 0.3 is 17.9 Å². The van der Waals surface area contributed by atoms with Gasteiger partial charge in [-0.3, -0.25) is 9.59 Å². The van der Waals surface area contributed by atoms with Crippen molar-refractivity contribution in [1.29, 1.82) is 0 Å². The molecule has 0 spiro atoms. The minimum absolute atomic E-state index is 0.186. The Hall–Kier alpha value is -2.31. The van der Waals surface area contributed by atoms with Crippen LogP contribution in [0.15, 0.2) is 16.5 Å². The summed E-state index contributed by atoms with van der Waals surface area (Å²) in [4.78, 5) is 31.6. The average molecular weight is 242 g/mol. The second-order valence-electron chi connectivity index (χ2n) is 3.13. The molecule has 17 heavy (non-hydrogen) atoms. The lowest BCUT2D eigenvalue weighted by Crippen LogP contribution is -2.07. The van der Waals surface area contributed by atoms with Crippen LogP contribution in [0.3, 0.4) is 0 Å². The molecule has 2 N–H and O–H groups in total. The number of carbonyl (C=O) groups is 3. The molecular weight excluding hydrogens is 232 g/mol. The van der Waals surface area contributed by atoms with Crippen molar-refractivity contribution in [2.45, 2.75) is 19.4 Å². The van der Waals surface area contributed by atoms with Crippen molar-refractivity contribution in [3.8, 4) is 0 Å². The number of carbonyl (C=O) groups excluding carboxylic acids is 1. The Labute approximate surface area is 95.6 Å². The predicted octanol–water partition coefficient (Wildman–Crippen LogP) is 0.886. The van der Waals surface area contributed by atoms with Crippen LogP contribution in [-0.2, 0) is 20.9 Å². The van der Waals surface area contributed by atoms with Gasteiger partial charge in [0.1, 0.15) is 12.4 Å². The summed E-state index contributed by atoms with van der Waals surface area (Å²) >= 11 is 0. The number of aliphatic carboxylic acids is 1. The lowest BCUT2D eigenvalue weighted by Gasteiger charge is -2.00. The molecule has 1 rings (SSSR count). The SMILES string of the molecule is O=C(O)CCC(=O)OCc1ccc(C(=O)O)o1. The van der Waals surface area contributed by atoms with Gasteiger partial charge in [0.25, 0.3) is 0 Å². The zero-order valence-electron chi connectivity index (χ0n) is 8.71. The van der Waals surface area contributed by atoms with Gasteiger partial charge in [0.15, 0.2) is 0 Å². The lowest BCUT2D eigenvalue weighted by atomic mass is 10.3. The van der Waals surface area contributed by atoms with Gasteiger partial charge in [0.05, 0.1) is 12.8 Å². The Morgan fingerprint density at radius 1 is 1.18 bits per heavy atom. The maximum atomic E-state index is 11.0. The van der Waals surface area contributed by atoms with Crippen LogP contribution in [0.5, 0.6) is 0 Å². The van der Waals surface area contributed by atoms with E-state index in [1.165, 1.54) is 12.1 Å². The van der Waals surface area contributed by atoms with Gasteiger partial charge in [0, 0.05) is 0 Å². The molecule has 0 aliphatic heterocycles. The molecule has 0 fully saturated rings. The molecular formula is C10H10O7. The normalized spacial score (nSPS) is 9.88. The maximum absolute atomic E-state index is 11.0. The third-order valence-electron chi connectivity index (χ3n) is 1.79. The second kappa shape index (κ2) is 5.69. The van der Waals surface area contributed by atoms with E-state index in [4.69, 9.17) is 14.6 Å². The molecule has 1 aromatic heterocycles. The van der Waals surface area contributed by atoms with E-state index in [1.807, 2.05) is 0 Å². The number of furan rings is 1. The van der Waals surface area contributed by atoms with Crippen molar-refractivity contribution >= 4 is 17.9 Å². The number of hydrogen-bond acceptors (Lipinski definition) is 5. The van der Waals surface area contributed by atoms with E-state index < -0.39 is 17.9 Å². The van der Waals surface area contributed by atoms with E-state index >= 15 is 0 Å². The Kier molecular flexibility index (Phi) is 4.27. The van der Waals surface area contributed by atoms with Crippen molar-refractivity contribution in [2.75, 3.05) is 0 Å². The first-order chi connectivity index (χ1) is 7.99. The van der Waals surface area contributed by atoms with Gasteiger partial charge in [-0.15, -0.1) is 0 Å². The van der Waals surface area contributed by atoms with Crippen molar-refractivity contribution < 1.29 is 33.8 Å². The summed E-state index contributed by atoms with van der Waals surface area (Å²) < 4.78 is 9.51. The van der Waals surface area contributed by atoms with Crippen LogP contribution in [0, 0.1) is 0 Å². The summed E-state index contributed by atoms with van der Waals surface area (Å²) in [7, 11) is 0. The average Bonchev–Trinajstić information content (AvgIpc) is 2.72. The van der Waals surface area contributed by atoms with E-state index in [-0.39, 0.29) is 31.0 Å². The largest absolute Gasteiger partial charge is 0.481 e. The van der Waals surface area contributed by atoms with Gasteiger partial charge < -0.3 is 19.4 Å². The number of hydrogen-bond donors (Lipinski definition) is 2. The highest BCUT2D eigenvalue weighted by Crippen LogP contribution is 2.09. The Morgan fingerprint density at radius 3 is 2.41 bits per heavy atom. The second-order valence-corrected chi connectivity index (χ2v) is 3.13. The van der Waals surface area contributed by atoms with Crippen LogP contribution < -0.4 is 0 Å². The quantitative estimate of drug-likeness (QED) is 0.711. The first kappa shape index (κ1) is 12.8. The number of ether oxygens (including phenoxy) is 1. The van der Waals surface area contributed by atoms with Crippen molar-refractivity contribution in [2.24, 2.45) is 0 Å². The van der Waals surface area contributed by atoms with E-state index in [2.05, 4.69) is 4.74 Å². The summed E-state index contributed by atoms with van der Waals surface area (Å²) in [6.45, 7) is -0.217. The van der Waals surface area contributed by atoms with Gasteiger partial charge in [-0.25, -0.2) is 4.79 Å². The van der Waals surface area contributed by atoms with Crippen LogP contribution in [0.25, 0.3) is 0 Å². The molecule has 1 aromatic rings. The van der Waals surface area contributed by atoms with Crippen LogP contribution >= 0.6 is 0 Å². The zero-order valence-corrected chi connectivity index (χ0v) is 8.71. The Morgan fingerprint density at radius 2 is 1.88 bits per heavy atom. The monoisotopic (exact) mass is 242 g/mol. The van der Waals surface area contributed by atoms with Gasteiger partial charge in [-0.2, -0.15) is 0 Å². The highest BCUT2D eigenvalue weighted by atomic mass is 16.5. The van der Waals surface area contributed by atoms with E-state index in [9.17, 15) is 14.4 Å². The predicted molar refractivity (Wildman–Crippen MR) is 52.3 cm³/mol. The number of rotatable bonds is 6. The van der Waals surface area contributed by atoms with Crippen LogP contribution in [0.1, 0.15) is 29.2 Å². The number of carboxylic acid groups (broad SMARTS) is 2. The Bertz CT molecular complexity index is 432. The number of aromatic carboxylic acids is 1. The minimum atomic E-state index is -1.21. The van der Waals surface area contributed by atoms with Gasteiger partial charge in [0.2, 0.25) is 5.76 Å². The smallest absolute Gasteiger partial charge is 0.371 e. The molecule has 0 unspecified atom stereocenters. The van der Waals surface area contributed by atoms with Crippen molar-refractivity contribution in [1.82, 2.24) is 0 Å². The first-order valence-corrected chi connectivity index (χ1v) is 4.68. The molecule has 0 bridgehead atoms. The standard InChI is InChI=1S/C10H10O7/c11-8(12)3-4-9(13)16-5-6-1-2-7(17-6)10(14)15/h1-2H,3-5H2,(H,11,12)(H,14,15). The highest BCUT2D eigenvalue weighted by molar-refractivity contribution is 5.84. The molecule has 0 saturated carbocycles. The topological polar surface area (TPSA) is 114 Å². The minimum Gasteiger partial charge on any atom is -0.481 e. The van der Waals surface area contributed by atoms with E-state index in [0.29, 0.717) is 0 Å². The molecule has 1 heterocycles. The zero-order chi connectivity index (χ0) is 12.8. The highest BCUT2D eigenvalue weighted by Gasteiger charge is 2.11. The third-order valence-corrected chi connectivity index (χ3v) is 1.79. The molecule has 0 atom stereocenters. The fraction of sp³-hybridized carbons (Fsp3) is 0.300. The first-order valence-electron chi connectivity index (χ1n) is 4.68. The number of esters is 1. The number of carboxylic acids is 2. The fourth-order valence-electron chi connectivity index (χ4n) is 1.00. The van der Waals surface area contributed by atoms with Crippen LogP contribution in [0.2, 0.25) is 0 Å².